The number of nitrogens with zero attached hydrogens (tertiary/aromatic N) is 7. The van der Waals surface area contributed by atoms with E-state index < -0.39 is 0 Å². The maximum Gasteiger partial charge on any atom is 0.164 e. The van der Waals surface area contributed by atoms with E-state index in [2.05, 4.69) is 168 Å². The zero-order valence-corrected chi connectivity index (χ0v) is 42.8. The lowest BCUT2D eigenvalue weighted by atomic mass is 9.85. The molecule has 0 radical (unpaired) electrons. The van der Waals surface area contributed by atoms with Crippen molar-refractivity contribution in [3.8, 4) is 119 Å². The summed E-state index contributed by atoms with van der Waals surface area (Å²) in [5.41, 5.74) is 17.2. The lowest BCUT2D eigenvalue weighted by molar-refractivity contribution is 1.07. The highest BCUT2D eigenvalue weighted by atomic mass is 15.0. The molecule has 79 heavy (non-hydrogen) atoms. The molecule has 0 N–H and O–H groups in total. The maximum atomic E-state index is 5.24. The summed E-state index contributed by atoms with van der Waals surface area (Å²) >= 11 is 0. The van der Waals surface area contributed by atoms with Crippen LogP contribution >= 0.6 is 0 Å². The van der Waals surface area contributed by atoms with Crippen LogP contribution in [0.25, 0.3) is 140 Å². The molecule has 0 saturated heterocycles. The third-order valence-corrected chi connectivity index (χ3v) is 14.5. The van der Waals surface area contributed by atoms with Crippen LogP contribution in [0.4, 0.5) is 0 Å². The molecule has 370 valence electrons. The molecular formula is C72H47N7. The molecule has 7 nitrogen and oxygen atoms in total. The first-order chi connectivity index (χ1) is 39.1. The van der Waals surface area contributed by atoms with E-state index in [9.17, 15) is 0 Å². The van der Waals surface area contributed by atoms with Gasteiger partial charge in [-0.3, -0.25) is 0 Å². The normalized spacial score (nSPS) is 11.3. The Kier molecular flexibility index (Phi) is 12.1. The second-order valence-corrected chi connectivity index (χ2v) is 19.5. The summed E-state index contributed by atoms with van der Waals surface area (Å²) < 4.78 is 2.39. The molecule has 0 aliphatic heterocycles. The second kappa shape index (κ2) is 20.4. The molecule has 14 aromatic rings. The third kappa shape index (κ3) is 9.11. The van der Waals surface area contributed by atoms with Crippen molar-refractivity contribution >= 4 is 21.8 Å². The van der Waals surface area contributed by atoms with E-state index in [0.717, 1.165) is 105 Å². The van der Waals surface area contributed by atoms with E-state index in [1.807, 2.05) is 121 Å². The van der Waals surface area contributed by atoms with Gasteiger partial charge in [-0.05, 0) is 80.9 Å². The lowest BCUT2D eigenvalue weighted by Gasteiger charge is -2.19. The average Bonchev–Trinajstić information content (AvgIpc) is 3.99. The van der Waals surface area contributed by atoms with E-state index in [-0.39, 0.29) is 0 Å². The Bertz CT molecular complexity index is 4300. The highest BCUT2D eigenvalue weighted by Crippen LogP contribution is 2.46. The summed E-state index contributed by atoms with van der Waals surface area (Å²) in [6.07, 6.45) is 0. The van der Waals surface area contributed by atoms with Crippen molar-refractivity contribution in [2.75, 3.05) is 0 Å². The Morgan fingerprint density at radius 3 is 0.861 bits per heavy atom. The Labute approximate surface area is 457 Å². The van der Waals surface area contributed by atoms with E-state index in [4.69, 9.17) is 29.9 Å². The molecule has 0 atom stereocenters. The SMILES string of the molecule is c1ccc(-c2ccc(-n3c4cc(-c5nc(-c6ccccc6)nc(-c6ccccc6)n5)ccc4c4ccc(-c5c(-c6ccccc6)cc(-c6nc(-c7ccccc7)nc(-c7ccccc7)n6)cc5-c5ccccc5)cc43)cc2)cc1. The first kappa shape index (κ1) is 46.7. The van der Waals surface area contributed by atoms with Gasteiger partial charge in [0.15, 0.2) is 34.9 Å². The lowest BCUT2D eigenvalue weighted by Crippen LogP contribution is -2.01. The fourth-order valence-corrected chi connectivity index (χ4v) is 10.7. The standard InChI is InChI=1S/C72H47N7/c1-8-22-48(23-9-1)49-36-40-59(41-37-49)79-64-46-56(38-42-60(64)61-43-39-57(47-65(61)79)71-75-67(52-28-14-4-15-29-52)73-68(76-71)53-30-16-5-17-31-53)66-62(50-24-10-2-11-25-50)44-58(45-63(66)51-26-12-3-13-27-51)72-77-69(54-32-18-6-19-33-54)74-70(78-72)55-34-20-7-21-35-55/h1-47H. The molecule has 0 aliphatic carbocycles. The highest BCUT2D eigenvalue weighted by molar-refractivity contribution is 6.12. The quantitative estimate of drug-likeness (QED) is 0.128. The minimum atomic E-state index is 0.587. The monoisotopic (exact) mass is 1010 g/mol. The van der Waals surface area contributed by atoms with Gasteiger partial charge >= 0.3 is 0 Å². The van der Waals surface area contributed by atoms with Gasteiger partial charge in [0, 0.05) is 49.8 Å². The Morgan fingerprint density at radius 1 is 0.203 bits per heavy atom. The molecule has 0 aliphatic rings. The van der Waals surface area contributed by atoms with Crippen molar-refractivity contribution < 1.29 is 0 Å². The van der Waals surface area contributed by atoms with Gasteiger partial charge in [0.1, 0.15) is 0 Å². The van der Waals surface area contributed by atoms with Crippen LogP contribution in [0.5, 0.6) is 0 Å². The van der Waals surface area contributed by atoms with E-state index >= 15 is 0 Å². The molecule has 14 rings (SSSR count). The van der Waals surface area contributed by atoms with Crippen molar-refractivity contribution in [1.29, 1.82) is 0 Å². The molecular weight excluding hydrogens is 963 g/mol. The summed E-state index contributed by atoms with van der Waals surface area (Å²) in [5.74, 6) is 3.63. The van der Waals surface area contributed by atoms with Crippen molar-refractivity contribution in [3.63, 3.8) is 0 Å². The molecule has 0 unspecified atom stereocenters. The Hall–Kier alpha value is -10.8. The van der Waals surface area contributed by atoms with Crippen LogP contribution in [0, 0.1) is 0 Å². The van der Waals surface area contributed by atoms with Gasteiger partial charge in [0.2, 0.25) is 0 Å². The fourth-order valence-electron chi connectivity index (χ4n) is 10.7. The molecule has 0 saturated carbocycles. The van der Waals surface area contributed by atoms with Crippen LogP contribution in [0.1, 0.15) is 0 Å². The minimum absolute atomic E-state index is 0.587. The topological polar surface area (TPSA) is 82.3 Å². The van der Waals surface area contributed by atoms with Crippen molar-refractivity contribution in [2.45, 2.75) is 0 Å². The van der Waals surface area contributed by atoms with Crippen molar-refractivity contribution in [3.05, 3.63) is 285 Å². The van der Waals surface area contributed by atoms with Crippen LogP contribution in [0.15, 0.2) is 285 Å². The summed E-state index contributed by atoms with van der Waals surface area (Å²) in [7, 11) is 0. The summed E-state index contributed by atoms with van der Waals surface area (Å²) in [4.78, 5) is 30.9. The van der Waals surface area contributed by atoms with E-state index in [0.29, 0.717) is 34.9 Å². The summed E-state index contributed by atoms with van der Waals surface area (Å²) in [6, 6.07) is 99.3. The third-order valence-electron chi connectivity index (χ3n) is 14.5. The number of aromatic nitrogens is 7. The van der Waals surface area contributed by atoms with Gasteiger partial charge < -0.3 is 4.57 Å². The van der Waals surface area contributed by atoms with Gasteiger partial charge in [-0.25, -0.2) is 29.9 Å². The summed E-state index contributed by atoms with van der Waals surface area (Å²) in [6.45, 7) is 0. The molecule has 0 spiro atoms. The van der Waals surface area contributed by atoms with Crippen molar-refractivity contribution in [1.82, 2.24) is 34.5 Å². The summed E-state index contributed by atoms with van der Waals surface area (Å²) in [5, 5.41) is 2.23. The van der Waals surface area contributed by atoms with Crippen molar-refractivity contribution in [2.24, 2.45) is 0 Å². The van der Waals surface area contributed by atoms with Gasteiger partial charge in [0.25, 0.3) is 0 Å². The number of hydrogen-bond donors (Lipinski definition) is 0. The average molecular weight is 1010 g/mol. The predicted octanol–water partition coefficient (Wildman–Crippen LogP) is 17.8. The molecule has 3 aromatic heterocycles. The smallest absolute Gasteiger partial charge is 0.164 e. The molecule has 7 heteroatoms. The minimum Gasteiger partial charge on any atom is -0.309 e. The first-order valence-electron chi connectivity index (χ1n) is 26.4. The largest absolute Gasteiger partial charge is 0.309 e. The van der Waals surface area contributed by atoms with Gasteiger partial charge in [-0.2, -0.15) is 0 Å². The molecule has 0 bridgehead atoms. The Balaban J connectivity index is 1.01. The van der Waals surface area contributed by atoms with Crippen LogP contribution < -0.4 is 0 Å². The van der Waals surface area contributed by atoms with Crippen LogP contribution in [-0.4, -0.2) is 34.5 Å². The van der Waals surface area contributed by atoms with Crippen LogP contribution in [-0.2, 0) is 0 Å². The molecule has 3 heterocycles. The maximum absolute atomic E-state index is 5.24. The molecule has 0 amide bonds. The van der Waals surface area contributed by atoms with Crippen LogP contribution in [0.3, 0.4) is 0 Å². The molecule has 0 fully saturated rings. The Morgan fingerprint density at radius 2 is 0.481 bits per heavy atom. The van der Waals surface area contributed by atoms with Gasteiger partial charge in [-0.15, -0.1) is 0 Å². The number of fused-ring (bicyclic) bond motifs is 3. The predicted molar refractivity (Wildman–Crippen MR) is 322 cm³/mol. The van der Waals surface area contributed by atoms with Gasteiger partial charge in [-0.1, -0.05) is 249 Å². The zero-order valence-electron chi connectivity index (χ0n) is 42.8. The fraction of sp³-hybridized carbons (Fsp3) is 0. The van der Waals surface area contributed by atoms with E-state index in [1.54, 1.807) is 0 Å². The number of rotatable bonds is 11. The number of hydrogen-bond acceptors (Lipinski definition) is 6. The number of benzene rings is 11. The highest BCUT2D eigenvalue weighted by Gasteiger charge is 2.23. The molecule has 11 aromatic carbocycles. The van der Waals surface area contributed by atoms with E-state index in [1.165, 1.54) is 0 Å². The zero-order chi connectivity index (χ0) is 52.5. The second-order valence-electron chi connectivity index (χ2n) is 19.5. The van der Waals surface area contributed by atoms with Crippen LogP contribution in [0.2, 0.25) is 0 Å². The van der Waals surface area contributed by atoms with Gasteiger partial charge in [0.05, 0.1) is 11.0 Å². The first-order valence-corrected chi connectivity index (χ1v) is 26.4.